The standard InChI is InChI=1S/C22H26N2O2/c1-4-19(16-8-6-15(3)7-9-16)23-22(26)18-10-11-20-17(14-18)12-13-24(20)21(25)5-2/h6-11,14,19H,4-5,12-13H2,1-3H3,(H,23,26). The molecule has 2 amide bonds. The minimum Gasteiger partial charge on any atom is -0.345 e. The number of hydrogen-bond acceptors (Lipinski definition) is 2. The lowest BCUT2D eigenvalue weighted by Gasteiger charge is -2.19. The minimum absolute atomic E-state index is 0.00507. The van der Waals surface area contributed by atoms with Crippen molar-refractivity contribution in [2.45, 2.75) is 46.1 Å². The second-order valence-electron chi connectivity index (χ2n) is 6.84. The third-order valence-corrected chi connectivity index (χ3v) is 5.03. The Morgan fingerprint density at radius 1 is 1.12 bits per heavy atom. The van der Waals surface area contributed by atoms with Gasteiger partial charge < -0.3 is 10.2 Å². The molecule has 0 bridgehead atoms. The topological polar surface area (TPSA) is 49.4 Å². The SMILES string of the molecule is CCC(=O)N1CCc2cc(C(=O)NC(CC)c3ccc(C)cc3)ccc21. The molecule has 1 aliphatic heterocycles. The molecule has 0 fully saturated rings. The molecule has 0 saturated carbocycles. The van der Waals surface area contributed by atoms with Gasteiger partial charge in [-0.2, -0.15) is 0 Å². The van der Waals surface area contributed by atoms with Crippen molar-refractivity contribution in [1.29, 1.82) is 0 Å². The van der Waals surface area contributed by atoms with Crippen molar-refractivity contribution in [3.63, 3.8) is 0 Å². The number of carbonyl (C=O) groups is 2. The van der Waals surface area contributed by atoms with E-state index in [-0.39, 0.29) is 17.9 Å². The Kier molecular flexibility index (Phi) is 5.40. The average Bonchev–Trinajstić information content (AvgIpc) is 3.09. The van der Waals surface area contributed by atoms with E-state index in [1.165, 1.54) is 5.56 Å². The van der Waals surface area contributed by atoms with Crippen molar-refractivity contribution in [3.05, 3.63) is 64.7 Å². The normalized spacial score (nSPS) is 14.0. The molecule has 0 spiro atoms. The molecule has 136 valence electrons. The Morgan fingerprint density at radius 3 is 2.50 bits per heavy atom. The maximum absolute atomic E-state index is 12.7. The molecular formula is C22H26N2O2. The monoisotopic (exact) mass is 350 g/mol. The predicted octanol–water partition coefficient (Wildman–Crippen LogP) is 4.18. The first-order valence-electron chi connectivity index (χ1n) is 9.34. The van der Waals surface area contributed by atoms with Gasteiger partial charge in [0.05, 0.1) is 6.04 Å². The van der Waals surface area contributed by atoms with Crippen LogP contribution in [-0.4, -0.2) is 18.4 Å². The quantitative estimate of drug-likeness (QED) is 0.879. The molecule has 0 radical (unpaired) electrons. The van der Waals surface area contributed by atoms with Crippen molar-refractivity contribution in [2.75, 3.05) is 11.4 Å². The Labute approximate surface area is 155 Å². The fourth-order valence-electron chi connectivity index (χ4n) is 3.45. The lowest BCUT2D eigenvalue weighted by Crippen LogP contribution is -2.28. The molecule has 0 aromatic heterocycles. The first kappa shape index (κ1) is 18.2. The zero-order valence-corrected chi connectivity index (χ0v) is 15.7. The Hall–Kier alpha value is -2.62. The molecular weight excluding hydrogens is 324 g/mol. The second kappa shape index (κ2) is 7.73. The van der Waals surface area contributed by atoms with Gasteiger partial charge in [-0.3, -0.25) is 9.59 Å². The molecule has 0 aliphatic carbocycles. The number of hydrogen-bond donors (Lipinski definition) is 1. The molecule has 1 heterocycles. The molecule has 3 rings (SSSR count). The van der Waals surface area contributed by atoms with Gasteiger partial charge in [0.25, 0.3) is 5.91 Å². The van der Waals surface area contributed by atoms with Crippen LogP contribution >= 0.6 is 0 Å². The van der Waals surface area contributed by atoms with Gasteiger partial charge >= 0.3 is 0 Å². The molecule has 0 saturated heterocycles. The number of amides is 2. The van der Waals surface area contributed by atoms with Crippen LogP contribution < -0.4 is 10.2 Å². The van der Waals surface area contributed by atoms with Gasteiger partial charge in [0, 0.05) is 24.2 Å². The van der Waals surface area contributed by atoms with E-state index in [4.69, 9.17) is 0 Å². The van der Waals surface area contributed by atoms with Gasteiger partial charge in [-0.05, 0) is 49.1 Å². The third-order valence-electron chi connectivity index (χ3n) is 5.03. The fourth-order valence-corrected chi connectivity index (χ4v) is 3.45. The maximum Gasteiger partial charge on any atom is 0.251 e. The zero-order chi connectivity index (χ0) is 18.7. The van der Waals surface area contributed by atoms with E-state index in [0.717, 1.165) is 29.7 Å². The molecule has 1 unspecified atom stereocenters. The smallest absolute Gasteiger partial charge is 0.251 e. The first-order chi connectivity index (χ1) is 12.5. The number of rotatable bonds is 5. The lowest BCUT2D eigenvalue weighted by atomic mass is 10.0. The number of nitrogens with one attached hydrogen (secondary N) is 1. The van der Waals surface area contributed by atoms with Crippen LogP contribution in [0.4, 0.5) is 5.69 Å². The van der Waals surface area contributed by atoms with E-state index >= 15 is 0 Å². The van der Waals surface area contributed by atoms with Gasteiger partial charge in [-0.1, -0.05) is 43.7 Å². The summed E-state index contributed by atoms with van der Waals surface area (Å²) >= 11 is 0. The average molecular weight is 350 g/mol. The molecule has 26 heavy (non-hydrogen) atoms. The number of benzene rings is 2. The van der Waals surface area contributed by atoms with Crippen LogP contribution in [0.25, 0.3) is 0 Å². The maximum atomic E-state index is 12.7. The van der Waals surface area contributed by atoms with Crippen LogP contribution in [0, 0.1) is 6.92 Å². The molecule has 1 atom stereocenters. The van der Waals surface area contributed by atoms with Crippen molar-refractivity contribution < 1.29 is 9.59 Å². The summed E-state index contributed by atoms with van der Waals surface area (Å²) in [6, 6.07) is 13.9. The number of aryl methyl sites for hydroxylation is 1. The van der Waals surface area contributed by atoms with E-state index in [9.17, 15) is 9.59 Å². The summed E-state index contributed by atoms with van der Waals surface area (Å²) in [7, 11) is 0. The number of anilines is 1. The predicted molar refractivity (Wildman–Crippen MR) is 104 cm³/mol. The molecule has 2 aromatic rings. The third kappa shape index (κ3) is 3.64. The van der Waals surface area contributed by atoms with Crippen LogP contribution in [0.5, 0.6) is 0 Å². The van der Waals surface area contributed by atoms with Crippen LogP contribution in [0.3, 0.4) is 0 Å². The molecule has 4 heteroatoms. The summed E-state index contributed by atoms with van der Waals surface area (Å²) in [6.07, 6.45) is 2.13. The molecule has 1 N–H and O–H groups in total. The van der Waals surface area contributed by atoms with E-state index in [2.05, 4.69) is 43.4 Å². The largest absolute Gasteiger partial charge is 0.345 e. The van der Waals surface area contributed by atoms with Gasteiger partial charge in [-0.15, -0.1) is 0 Å². The Morgan fingerprint density at radius 2 is 1.85 bits per heavy atom. The summed E-state index contributed by atoms with van der Waals surface area (Å²) in [5, 5.41) is 3.14. The second-order valence-corrected chi connectivity index (χ2v) is 6.84. The van der Waals surface area contributed by atoms with Gasteiger partial charge in [-0.25, -0.2) is 0 Å². The Bertz CT molecular complexity index is 811. The summed E-state index contributed by atoms with van der Waals surface area (Å²) in [5.74, 6) is 0.0619. The highest BCUT2D eigenvalue weighted by Gasteiger charge is 2.24. The number of carbonyl (C=O) groups excluding carboxylic acids is 2. The van der Waals surface area contributed by atoms with E-state index in [1.807, 2.05) is 30.0 Å². The molecule has 1 aliphatic rings. The Balaban J connectivity index is 1.76. The zero-order valence-electron chi connectivity index (χ0n) is 15.7. The van der Waals surface area contributed by atoms with E-state index < -0.39 is 0 Å². The van der Waals surface area contributed by atoms with Crippen LogP contribution in [0.2, 0.25) is 0 Å². The summed E-state index contributed by atoms with van der Waals surface area (Å²) < 4.78 is 0. The summed E-state index contributed by atoms with van der Waals surface area (Å²) in [5.41, 5.74) is 4.99. The summed E-state index contributed by atoms with van der Waals surface area (Å²) in [4.78, 5) is 26.6. The van der Waals surface area contributed by atoms with Crippen molar-refractivity contribution in [3.8, 4) is 0 Å². The fraction of sp³-hybridized carbons (Fsp3) is 0.364. The van der Waals surface area contributed by atoms with E-state index in [1.54, 1.807) is 0 Å². The van der Waals surface area contributed by atoms with Gasteiger partial charge in [0.2, 0.25) is 5.91 Å². The lowest BCUT2D eigenvalue weighted by molar-refractivity contribution is -0.118. The van der Waals surface area contributed by atoms with Crippen molar-refractivity contribution >= 4 is 17.5 Å². The highest BCUT2D eigenvalue weighted by molar-refractivity contribution is 5.98. The van der Waals surface area contributed by atoms with Gasteiger partial charge in [0.15, 0.2) is 0 Å². The number of fused-ring (bicyclic) bond motifs is 1. The van der Waals surface area contributed by atoms with Crippen LogP contribution in [0.1, 0.15) is 59.8 Å². The highest BCUT2D eigenvalue weighted by atomic mass is 16.2. The first-order valence-corrected chi connectivity index (χ1v) is 9.34. The summed E-state index contributed by atoms with van der Waals surface area (Å²) in [6.45, 7) is 6.70. The van der Waals surface area contributed by atoms with Crippen LogP contribution in [-0.2, 0) is 11.2 Å². The number of nitrogens with zero attached hydrogens (tertiary/aromatic N) is 1. The van der Waals surface area contributed by atoms with Crippen molar-refractivity contribution in [2.24, 2.45) is 0 Å². The molecule has 4 nitrogen and oxygen atoms in total. The van der Waals surface area contributed by atoms with Gasteiger partial charge in [0.1, 0.15) is 0 Å². The van der Waals surface area contributed by atoms with Crippen molar-refractivity contribution in [1.82, 2.24) is 5.32 Å². The highest BCUT2D eigenvalue weighted by Crippen LogP contribution is 2.29. The molecule has 2 aromatic carbocycles. The minimum atomic E-state index is -0.0690. The van der Waals surface area contributed by atoms with Crippen LogP contribution in [0.15, 0.2) is 42.5 Å². The van der Waals surface area contributed by atoms with E-state index in [0.29, 0.717) is 18.5 Å².